The fourth-order valence-corrected chi connectivity index (χ4v) is 3.66. The fraction of sp³-hybridized carbons (Fsp3) is 0.409. The van der Waals surface area contributed by atoms with Crippen molar-refractivity contribution in [3.05, 3.63) is 47.8 Å². The number of nitrogens with zero attached hydrogens (tertiary/aromatic N) is 1. The molecule has 1 aliphatic carbocycles. The van der Waals surface area contributed by atoms with E-state index in [0.29, 0.717) is 17.2 Å². The maximum absolute atomic E-state index is 12.8. The molecule has 1 heterocycles. The van der Waals surface area contributed by atoms with E-state index in [2.05, 4.69) is 15.6 Å². The van der Waals surface area contributed by atoms with E-state index in [9.17, 15) is 9.59 Å². The Morgan fingerprint density at radius 2 is 1.94 bits per heavy atom. The number of ether oxygens (including phenoxy) is 1. The molecule has 4 N–H and O–H groups in total. The molecule has 1 aromatic heterocycles. The largest absolute Gasteiger partial charge is 0.457 e. The molecule has 0 bridgehead atoms. The van der Waals surface area contributed by atoms with Crippen molar-refractivity contribution in [3.8, 4) is 11.5 Å². The van der Waals surface area contributed by atoms with Crippen LogP contribution < -0.4 is 21.1 Å². The van der Waals surface area contributed by atoms with E-state index in [4.69, 9.17) is 10.5 Å². The second-order valence-electron chi connectivity index (χ2n) is 7.83. The van der Waals surface area contributed by atoms with Gasteiger partial charge in [0.25, 0.3) is 5.91 Å². The molecular weight excluding hydrogens is 439 g/mol. The van der Waals surface area contributed by atoms with E-state index in [-0.39, 0.29) is 48.2 Å². The van der Waals surface area contributed by atoms with Gasteiger partial charge in [-0.2, -0.15) is 0 Å². The minimum atomic E-state index is -0.486. The van der Waals surface area contributed by atoms with Crippen molar-refractivity contribution in [2.75, 3.05) is 12.4 Å². The number of hydrogen-bond donors (Lipinski definition) is 3. The lowest BCUT2D eigenvalue weighted by Gasteiger charge is -2.37. The van der Waals surface area contributed by atoms with Gasteiger partial charge < -0.3 is 21.1 Å². The van der Waals surface area contributed by atoms with Gasteiger partial charge in [0.15, 0.2) is 0 Å². The van der Waals surface area contributed by atoms with E-state index < -0.39 is 5.54 Å². The number of hydrogen-bond acceptors (Lipinski definition) is 5. The number of aryl methyl sites for hydroxylation is 1. The molecule has 9 heteroatoms. The van der Waals surface area contributed by atoms with Gasteiger partial charge in [-0.25, -0.2) is 0 Å². The molecule has 170 valence electrons. The van der Waals surface area contributed by atoms with E-state index in [1.54, 1.807) is 25.2 Å². The minimum absolute atomic E-state index is 0. The first kappa shape index (κ1) is 26.7. The zero-order valence-corrected chi connectivity index (χ0v) is 19.6. The van der Waals surface area contributed by atoms with Crippen LogP contribution in [-0.4, -0.2) is 29.4 Å². The van der Waals surface area contributed by atoms with E-state index >= 15 is 0 Å². The number of amides is 2. The van der Waals surface area contributed by atoms with E-state index in [1.807, 2.05) is 26.0 Å². The molecular formula is C22H30Cl2N4O3. The van der Waals surface area contributed by atoms with Gasteiger partial charge in [0.2, 0.25) is 5.91 Å². The summed E-state index contributed by atoms with van der Waals surface area (Å²) in [5.74, 6) is 0.529. The SMILES string of the molecule is CNC(=O)c1cc(Oc2cc(NC(=O)C3CCCCC3(C)N)ccc2C)ccn1.Cl.Cl. The molecule has 1 saturated carbocycles. The molecule has 2 amide bonds. The lowest BCUT2D eigenvalue weighted by Crippen LogP contribution is -2.51. The molecule has 0 saturated heterocycles. The quantitative estimate of drug-likeness (QED) is 0.608. The smallest absolute Gasteiger partial charge is 0.269 e. The Morgan fingerprint density at radius 3 is 2.61 bits per heavy atom. The summed E-state index contributed by atoms with van der Waals surface area (Å²) in [6.07, 6.45) is 5.24. The molecule has 7 nitrogen and oxygen atoms in total. The predicted octanol–water partition coefficient (Wildman–Crippen LogP) is 4.23. The predicted molar refractivity (Wildman–Crippen MR) is 127 cm³/mol. The third-order valence-corrected chi connectivity index (χ3v) is 5.45. The summed E-state index contributed by atoms with van der Waals surface area (Å²) in [4.78, 5) is 28.6. The Kier molecular flexibility index (Phi) is 9.74. The number of carbonyl (C=O) groups excluding carboxylic acids is 2. The number of anilines is 1. The Labute approximate surface area is 195 Å². The van der Waals surface area contributed by atoms with E-state index in [1.165, 1.54) is 6.20 Å². The zero-order chi connectivity index (χ0) is 21.0. The second kappa shape index (κ2) is 11.3. The van der Waals surface area contributed by atoms with Gasteiger partial charge in [-0.15, -0.1) is 24.8 Å². The summed E-state index contributed by atoms with van der Waals surface area (Å²) in [6, 6.07) is 8.77. The van der Waals surface area contributed by atoms with Gasteiger partial charge in [-0.3, -0.25) is 14.6 Å². The van der Waals surface area contributed by atoms with Crippen LogP contribution >= 0.6 is 24.8 Å². The Hall–Kier alpha value is -2.35. The molecule has 2 atom stereocenters. The number of carbonyl (C=O) groups is 2. The van der Waals surface area contributed by atoms with Crippen molar-refractivity contribution < 1.29 is 14.3 Å². The van der Waals surface area contributed by atoms with Crippen LogP contribution in [0.4, 0.5) is 5.69 Å². The molecule has 1 aromatic carbocycles. The average Bonchev–Trinajstić information content (AvgIpc) is 2.69. The lowest BCUT2D eigenvalue weighted by atomic mass is 9.74. The fourth-order valence-electron chi connectivity index (χ4n) is 3.66. The van der Waals surface area contributed by atoms with Gasteiger partial charge >= 0.3 is 0 Å². The van der Waals surface area contributed by atoms with Gasteiger partial charge in [0.05, 0.1) is 5.92 Å². The molecule has 0 radical (unpaired) electrons. The Bertz CT molecular complexity index is 921. The van der Waals surface area contributed by atoms with E-state index in [0.717, 1.165) is 31.2 Å². The molecule has 0 aliphatic heterocycles. The monoisotopic (exact) mass is 468 g/mol. The van der Waals surface area contributed by atoms with Crippen LogP contribution in [-0.2, 0) is 4.79 Å². The first-order valence-electron chi connectivity index (χ1n) is 9.86. The van der Waals surface area contributed by atoms with Gasteiger partial charge in [-0.05, 0) is 44.4 Å². The minimum Gasteiger partial charge on any atom is -0.457 e. The second-order valence-corrected chi connectivity index (χ2v) is 7.83. The molecule has 2 aromatic rings. The van der Waals surface area contributed by atoms with Crippen LogP contribution in [0.2, 0.25) is 0 Å². The summed E-state index contributed by atoms with van der Waals surface area (Å²) < 4.78 is 5.96. The van der Waals surface area contributed by atoms with Crippen molar-refractivity contribution in [3.63, 3.8) is 0 Å². The third kappa shape index (κ3) is 6.56. The Balaban J connectivity index is 0.00000240. The van der Waals surface area contributed by atoms with Crippen LogP contribution in [0.3, 0.4) is 0 Å². The molecule has 2 unspecified atom stereocenters. The number of aromatic nitrogens is 1. The summed E-state index contributed by atoms with van der Waals surface area (Å²) in [6.45, 7) is 3.87. The van der Waals surface area contributed by atoms with Crippen molar-refractivity contribution >= 4 is 42.3 Å². The van der Waals surface area contributed by atoms with Crippen molar-refractivity contribution in [2.45, 2.75) is 45.1 Å². The highest BCUT2D eigenvalue weighted by atomic mass is 35.5. The number of nitrogens with two attached hydrogens (primary N) is 1. The third-order valence-electron chi connectivity index (χ3n) is 5.45. The standard InChI is InChI=1S/C22H28N4O3.2ClH/c1-14-7-8-15(26-20(27)17-6-4-5-10-22(17,2)23)12-19(14)29-16-9-11-25-18(13-16)21(28)24-3;;/h7-9,11-13,17H,4-6,10,23H2,1-3H3,(H,24,28)(H,26,27);2*1H. The maximum Gasteiger partial charge on any atom is 0.269 e. The summed E-state index contributed by atoms with van der Waals surface area (Å²) in [5.41, 5.74) is 7.70. The topological polar surface area (TPSA) is 106 Å². The van der Waals surface area contributed by atoms with Crippen LogP contribution in [0.5, 0.6) is 11.5 Å². The summed E-state index contributed by atoms with van der Waals surface area (Å²) in [7, 11) is 1.55. The average molecular weight is 469 g/mol. The molecule has 1 fully saturated rings. The van der Waals surface area contributed by atoms with Crippen LogP contribution in [0, 0.1) is 12.8 Å². The summed E-state index contributed by atoms with van der Waals surface area (Å²) in [5, 5.41) is 5.52. The van der Waals surface area contributed by atoms with Crippen molar-refractivity contribution in [2.24, 2.45) is 11.7 Å². The number of pyridine rings is 1. The first-order valence-corrected chi connectivity index (χ1v) is 9.86. The van der Waals surface area contributed by atoms with Crippen molar-refractivity contribution in [1.82, 2.24) is 10.3 Å². The van der Waals surface area contributed by atoms with Crippen LogP contribution in [0.25, 0.3) is 0 Å². The van der Waals surface area contributed by atoms with Gasteiger partial charge in [-0.1, -0.05) is 18.9 Å². The Morgan fingerprint density at radius 1 is 1.19 bits per heavy atom. The first-order chi connectivity index (χ1) is 13.8. The number of benzene rings is 1. The molecule has 0 spiro atoms. The zero-order valence-electron chi connectivity index (χ0n) is 17.9. The summed E-state index contributed by atoms with van der Waals surface area (Å²) >= 11 is 0. The lowest BCUT2D eigenvalue weighted by molar-refractivity contribution is -0.122. The highest BCUT2D eigenvalue weighted by Gasteiger charge is 2.37. The molecule has 3 rings (SSSR count). The molecule has 31 heavy (non-hydrogen) atoms. The van der Waals surface area contributed by atoms with Gasteiger partial charge in [0.1, 0.15) is 17.2 Å². The number of nitrogens with one attached hydrogen (secondary N) is 2. The normalized spacial score (nSPS) is 19.9. The molecule has 1 aliphatic rings. The highest BCUT2D eigenvalue weighted by molar-refractivity contribution is 5.94. The van der Waals surface area contributed by atoms with Crippen LogP contribution in [0.15, 0.2) is 36.5 Å². The maximum atomic E-state index is 12.8. The number of rotatable bonds is 5. The van der Waals surface area contributed by atoms with Crippen molar-refractivity contribution in [1.29, 1.82) is 0 Å². The highest BCUT2D eigenvalue weighted by Crippen LogP contribution is 2.33. The van der Waals surface area contributed by atoms with Gasteiger partial charge in [0, 0.05) is 36.6 Å². The number of halogens is 2. The van der Waals surface area contributed by atoms with Crippen LogP contribution in [0.1, 0.15) is 48.7 Å².